The number of rotatable bonds is 4. The van der Waals surface area contributed by atoms with Crippen LogP contribution in [0.5, 0.6) is 0 Å². The summed E-state index contributed by atoms with van der Waals surface area (Å²) in [5, 5.41) is 6.36. The minimum absolute atomic E-state index is 0.0325. The lowest BCUT2D eigenvalue weighted by Crippen LogP contribution is -2.41. The first-order valence-corrected chi connectivity index (χ1v) is 7.42. The molecule has 2 N–H and O–H groups in total. The number of carbonyl (C=O) groups is 1. The van der Waals surface area contributed by atoms with E-state index in [1.165, 1.54) is 0 Å². The fourth-order valence-corrected chi connectivity index (χ4v) is 2.93. The Balaban J connectivity index is 1.80. The number of amides is 1. The number of hydrogen-bond donors (Lipinski definition) is 2. The Hall–Kier alpha value is -1.07. The zero-order valence-electron chi connectivity index (χ0n) is 10.6. The van der Waals surface area contributed by atoms with Crippen molar-refractivity contribution in [3.63, 3.8) is 0 Å². The van der Waals surface area contributed by atoms with Crippen LogP contribution in [0.25, 0.3) is 0 Å². The molecule has 0 aliphatic carbocycles. The van der Waals surface area contributed by atoms with Crippen molar-refractivity contribution in [2.24, 2.45) is 0 Å². The van der Waals surface area contributed by atoms with Crippen LogP contribution in [-0.2, 0) is 4.79 Å². The fraction of sp³-hybridized carbons (Fsp3) is 0.538. The molecule has 1 aromatic heterocycles. The van der Waals surface area contributed by atoms with Gasteiger partial charge >= 0.3 is 0 Å². The molecule has 0 bridgehead atoms. The molecular formula is C13H19N3OS. The van der Waals surface area contributed by atoms with E-state index in [1.807, 2.05) is 36.9 Å². The van der Waals surface area contributed by atoms with Crippen molar-refractivity contribution in [1.29, 1.82) is 0 Å². The third kappa shape index (κ3) is 3.99. The molecule has 4 nitrogen and oxygen atoms in total. The summed E-state index contributed by atoms with van der Waals surface area (Å²) in [6.45, 7) is 2.96. The molecule has 1 aliphatic heterocycles. The molecule has 2 atom stereocenters. The number of nitrogens with one attached hydrogen (secondary N) is 2. The number of aromatic nitrogens is 1. The van der Waals surface area contributed by atoms with Gasteiger partial charge in [0.05, 0.1) is 11.7 Å². The predicted octanol–water partition coefficient (Wildman–Crippen LogP) is 1.35. The zero-order chi connectivity index (χ0) is 12.8. The molecule has 0 radical (unpaired) electrons. The van der Waals surface area contributed by atoms with Crippen LogP contribution in [0.4, 0.5) is 0 Å². The van der Waals surface area contributed by atoms with Crippen molar-refractivity contribution in [3.05, 3.63) is 30.1 Å². The van der Waals surface area contributed by atoms with E-state index in [-0.39, 0.29) is 11.9 Å². The Morgan fingerprint density at radius 2 is 2.56 bits per heavy atom. The summed E-state index contributed by atoms with van der Waals surface area (Å²) in [5.74, 6) is 2.25. The first-order chi connectivity index (χ1) is 8.75. The molecule has 18 heavy (non-hydrogen) atoms. The van der Waals surface area contributed by atoms with E-state index >= 15 is 0 Å². The molecule has 5 heteroatoms. The average molecular weight is 265 g/mol. The minimum Gasteiger partial charge on any atom is -0.348 e. The maximum atomic E-state index is 11.9. The van der Waals surface area contributed by atoms with Crippen LogP contribution in [0.1, 0.15) is 25.1 Å². The van der Waals surface area contributed by atoms with Crippen LogP contribution < -0.4 is 10.6 Å². The molecule has 1 saturated heterocycles. The summed E-state index contributed by atoms with van der Waals surface area (Å²) in [6, 6.07) is 6.01. The largest absolute Gasteiger partial charge is 0.348 e. The first kappa shape index (κ1) is 13.4. The smallest absolute Gasteiger partial charge is 0.222 e. The number of nitrogens with zero attached hydrogens (tertiary/aromatic N) is 1. The van der Waals surface area contributed by atoms with E-state index in [0.717, 1.165) is 23.7 Å². The third-order valence-corrected chi connectivity index (χ3v) is 4.07. The lowest BCUT2D eigenvalue weighted by molar-refractivity contribution is -0.122. The molecule has 98 valence electrons. The molecule has 1 aliphatic rings. The normalized spacial score (nSPS) is 21.3. The van der Waals surface area contributed by atoms with Gasteiger partial charge in [-0.25, -0.2) is 0 Å². The average Bonchev–Trinajstić information content (AvgIpc) is 2.40. The van der Waals surface area contributed by atoms with Gasteiger partial charge in [-0.3, -0.25) is 9.78 Å². The summed E-state index contributed by atoms with van der Waals surface area (Å²) in [4.78, 5) is 16.2. The second kappa shape index (κ2) is 6.75. The predicted molar refractivity (Wildman–Crippen MR) is 74.5 cm³/mol. The Morgan fingerprint density at radius 3 is 3.22 bits per heavy atom. The number of carbonyl (C=O) groups excluding carboxylic acids is 1. The van der Waals surface area contributed by atoms with Gasteiger partial charge in [0.2, 0.25) is 5.91 Å². The van der Waals surface area contributed by atoms with Gasteiger partial charge in [-0.15, -0.1) is 0 Å². The highest BCUT2D eigenvalue weighted by atomic mass is 32.2. The maximum absolute atomic E-state index is 11.9. The molecule has 0 aromatic carbocycles. The summed E-state index contributed by atoms with van der Waals surface area (Å²) < 4.78 is 0. The Labute approximate surface area is 112 Å². The van der Waals surface area contributed by atoms with E-state index in [4.69, 9.17) is 0 Å². The lowest BCUT2D eigenvalue weighted by atomic mass is 10.1. The van der Waals surface area contributed by atoms with Gasteiger partial charge in [0.25, 0.3) is 0 Å². The molecule has 2 heterocycles. The van der Waals surface area contributed by atoms with Crippen molar-refractivity contribution < 1.29 is 4.79 Å². The van der Waals surface area contributed by atoms with E-state index < -0.39 is 0 Å². The van der Waals surface area contributed by atoms with Gasteiger partial charge < -0.3 is 10.6 Å². The van der Waals surface area contributed by atoms with Crippen LogP contribution in [0.2, 0.25) is 0 Å². The van der Waals surface area contributed by atoms with Crippen molar-refractivity contribution in [3.8, 4) is 0 Å². The van der Waals surface area contributed by atoms with Crippen molar-refractivity contribution in [2.45, 2.75) is 25.4 Å². The second-order valence-electron chi connectivity index (χ2n) is 4.47. The summed E-state index contributed by atoms with van der Waals surface area (Å²) in [7, 11) is 0. The molecule has 1 unspecified atom stereocenters. The third-order valence-electron chi connectivity index (χ3n) is 2.94. The second-order valence-corrected chi connectivity index (χ2v) is 5.62. The molecule has 2 rings (SSSR count). The maximum Gasteiger partial charge on any atom is 0.222 e. The summed E-state index contributed by atoms with van der Waals surface area (Å²) in [6.07, 6.45) is 2.29. The molecular weight excluding hydrogens is 246 g/mol. The molecule has 1 amide bonds. The topological polar surface area (TPSA) is 54.0 Å². The van der Waals surface area contributed by atoms with Gasteiger partial charge in [-0.2, -0.15) is 11.8 Å². The number of thioether (sulfide) groups is 1. The van der Waals surface area contributed by atoms with Crippen molar-refractivity contribution >= 4 is 17.7 Å². The Bertz CT molecular complexity index is 379. The van der Waals surface area contributed by atoms with Gasteiger partial charge in [-0.1, -0.05) is 6.07 Å². The Morgan fingerprint density at radius 1 is 1.67 bits per heavy atom. The van der Waals surface area contributed by atoms with Gasteiger partial charge in [0, 0.05) is 36.7 Å². The molecule has 1 fully saturated rings. The van der Waals surface area contributed by atoms with Crippen LogP contribution in [0, 0.1) is 0 Å². The highest BCUT2D eigenvalue weighted by Gasteiger charge is 2.18. The quantitative estimate of drug-likeness (QED) is 0.863. The SMILES string of the molecule is C[C@@H](NC(=O)CC1CSCCN1)c1ccccn1. The van der Waals surface area contributed by atoms with Gasteiger partial charge in [0.15, 0.2) is 0 Å². The standard InChI is InChI=1S/C13H19N3OS/c1-10(12-4-2-3-5-15-12)16-13(17)8-11-9-18-7-6-14-11/h2-5,10-11,14H,6-9H2,1H3,(H,16,17)/t10-,11?/m1/s1. The van der Waals surface area contributed by atoms with E-state index in [9.17, 15) is 4.79 Å². The fourth-order valence-electron chi connectivity index (χ4n) is 1.98. The Kier molecular flexibility index (Phi) is 5.01. The molecule has 0 saturated carbocycles. The number of hydrogen-bond acceptors (Lipinski definition) is 4. The van der Waals surface area contributed by atoms with E-state index in [0.29, 0.717) is 12.5 Å². The zero-order valence-corrected chi connectivity index (χ0v) is 11.4. The number of pyridine rings is 1. The molecule has 1 aromatic rings. The summed E-state index contributed by atoms with van der Waals surface area (Å²) >= 11 is 1.91. The van der Waals surface area contributed by atoms with Crippen molar-refractivity contribution in [2.75, 3.05) is 18.1 Å². The van der Waals surface area contributed by atoms with Gasteiger partial charge in [-0.05, 0) is 19.1 Å². The monoisotopic (exact) mass is 265 g/mol. The summed E-state index contributed by atoms with van der Waals surface area (Å²) in [5.41, 5.74) is 0.900. The van der Waals surface area contributed by atoms with Crippen LogP contribution in [0.15, 0.2) is 24.4 Å². The highest BCUT2D eigenvalue weighted by molar-refractivity contribution is 7.99. The van der Waals surface area contributed by atoms with Gasteiger partial charge in [0.1, 0.15) is 0 Å². The minimum atomic E-state index is -0.0325. The van der Waals surface area contributed by atoms with Crippen LogP contribution in [0.3, 0.4) is 0 Å². The van der Waals surface area contributed by atoms with Crippen molar-refractivity contribution in [1.82, 2.24) is 15.6 Å². The lowest BCUT2D eigenvalue weighted by Gasteiger charge is -2.23. The van der Waals surface area contributed by atoms with Crippen LogP contribution in [-0.4, -0.2) is 35.0 Å². The van der Waals surface area contributed by atoms with Crippen LogP contribution >= 0.6 is 11.8 Å². The first-order valence-electron chi connectivity index (χ1n) is 6.27. The highest BCUT2D eigenvalue weighted by Crippen LogP contribution is 2.12. The van der Waals surface area contributed by atoms with E-state index in [1.54, 1.807) is 6.20 Å². The molecule has 0 spiro atoms. The van der Waals surface area contributed by atoms with E-state index in [2.05, 4.69) is 15.6 Å².